The average Bonchev–Trinajstić information content (AvgIpc) is 3.26. The van der Waals surface area contributed by atoms with Crippen LogP contribution in [0.2, 0.25) is 0 Å². The lowest BCUT2D eigenvalue weighted by Gasteiger charge is -2.25. The molecule has 0 fully saturated rings. The highest BCUT2D eigenvalue weighted by Crippen LogP contribution is 2.20. The van der Waals surface area contributed by atoms with Crippen molar-refractivity contribution >= 4 is 17.8 Å². The summed E-state index contributed by atoms with van der Waals surface area (Å²) in [6.45, 7) is 7.11. The van der Waals surface area contributed by atoms with Gasteiger partial charge in [0.15, 0.2) is 11.6 Å². The maximum atomic E-state index is 14.4. The molecule has 1 heterocycles. The Morgan fingerprint density at radius 3 is 2.20 bits per heavy atom. The number of aromatic nitrogens is 2. The van der Waals surface area contributed by atoms with Crippen LogP contribution in [0.15, 0.2) is 63.9 Å². The molecule has 0 aliphatic carbocycles. The second-order valence-electron chi connectivity index (χ2n) is 10.4. The molecule has 2 amide bonds. The van der Waals surface area contributed by atoms with Crippen LogP contribution in [-0.4, -0.2) is 39.6 Å². The van der Waals surface area contributed by atoms with E-state index < -0.39 is 48.0 Å². The summed E-state index contributed by atoms with van der Waals surface area (Å²) in [4.78, 5) is 51.5. The number of nitrogens with one attached hydrogen (secondary N) is 2. The van der Waals surface area contributed by atoms with Gasteiger partial charge in [0.25, 0.3) is 0 Å². The summed E-state index contributed by atoms with van der Waals surface area (Å²) < 4.78 is 25.3. The quantitative estimate of drug-likeness (QED) is 0.325. The van der Waals surface area contributed by atoms with Gasteiger partial charge >= 0.3 is 11.8 Å². The standard InChI is InChI=1S/C29H35FN4O6/c1-18(2)14-23(25(35)16-34-26(33-40-29(34)38)21-12-8-9-13-22(21)30)31-27(36)24(15-19(3)4)32-28(37)39-17-20-10-6-5-7-11-20/h5-13,18-19,23-24H,14-17H2,1-4H3,(H,31,36)(H,32,37)/t23-,24-/m0/s1. The van der Waals surface area contributed by atoms with E-state index in [0.29, 0.717) is 6.42 Å². The highest BCUT2D eigenvalue weighted by molar-refractivity contribution is 5.92. The zero-order chi connectivity index (χ0) is 29.2. The van der Waals surface area contributed by atoms with Gasteiger partial charge < -0.3 is 15.4 Å². The lowest BCUT2D eigenvalue weighted by Crippen LogP contribution is -2.53. The summed E-state index contributed by atoms with van der Waals surface area (Å²) in [7, 11) is 0. The number of halogens is 1. The minimum atomic E-state index is -0.987. The van der Waals surface area contributed by atoms with Crippen LogP contribution in [0, 0.1) is 17.7 Å². The van der Waals surface area contributed by atoms with E-state index in [1.807, 2.05) is 58.0 Å². The van der Waals surface area contributed by atoms with Crippen LogP contribution < -0.4 is 16.4 Å². The first-order valence-electron chi connectivity index (χ1n) is 13.2. The van der Waals surface area contributed by atoms with Gasteiger partial charge in [0, 0.05) is 0 Å². The highest BCUT2D eigenvalue weighted by atomic mass is 19.1. The van der Waals surface area contributed by atoms with E-state index in [9.17, 15) is 23.6 Å². The molecule has 0 saturated carbocycles. The van der Waals surface area contributed by atoms with Gasteiger partial charge in [-0.05, 0) is 42.4 Å². The summed E-state index contributed by atoms with van der Waals surface area (Å²) in [5, 5.41) is 8.99. The first kappa shape index (κ1) is 30.3. The van der Waals surface area contributed by atoms with Crippen molar-refractivity contribution in [1.82, 2.24) is 20.4 Å². The molecule has 3 rings (SSSR count). The van der Waals surface area contributed by atoms with Crippen molar-refractivity contribution < 1.29 is 28.0 Å². The number of amides is 2. The third-order valence-electron chi connectivity index (χ3n) is 6.06. The number of alkyl carbamates (subject to hydrolysis) is 1. The molecule has 1 aromatic heterocycles. The van der Waals surface area contributed by atoms with Crippen molar-refractivity contribution in [3.63, 3.8) is 0 Å². The van der Waals surface area contributed by atoms with Gasteiger partial charge in [-0.2, -0.15) is 0 Å². The van der Waals surface area contributed by atoms with E-state index in [2.05, 4.69) is 15.8 Å². The summed E-state index contributed by atoms with van der Waals surface area (Å²) in [5.41, 5.74) is 0.796. The molecule has 0 spiro atoms. The van der Waals surface area contributed by atoms with Crippen molar-refractivity contribution in [2.75, 3.05) is 0 Å². The summed E-state index contributed by atoms with van der Waals surface area (Å²) >= 11 is 0. The molecule has 214 valence electrons. The second kappa shape index (κ2) is 14.2. The van der Waals surface area contributed by atoms with E-state index >= 15 is 0 Å². The monoisotopic (exact) mass is 554 g/mol. The third-order valence-corrected chi connectivity index (χ3v) is 6.06. The first-order valence-corrected chi connectivity index (χ1v) is 13.2. The minimum Gasteiger partial charge on any atom is -0.445 e. The van der Waals surface area contributed by atoms with E-state index in [4.69, 9.17) is 9.26 Å². The Labute approximate surface area is 231 Å². The van der Waals surface area contributed by atoms with Gasteiger partial charge in [-0.15, -0.1) is 0 Å². The fourth-order valence-electron chi connectivity index (χ4n) is 4.13. The largest absolute Gasteiger partial charge is 0.445 e. The molecular weight excluding hydrogens is 519 g/mol. The Bertz CT molecular complexity index is 1350. The third kappa shape index (κ3) is 8.62. The van der Waals surface area contributed by atoms with E-state index in [1.54, 1.807) is 6.07 Å². The molecule has 2 aromatic carbocycles. The normalized spacial score (nSPS) is 12.7. The Morgan fingerprint density at radius 1 is 0.925 bits per heavy atom. The lowest BCUT2D eigenvalue weighted by molar-refractivity contribution is -0.129. The van der Waals surface area contributed by atoms with Gasteiger partial charge in [0.05, 0.1) is 18.2 Å². The molecule has 0 radical (unpaired) electrons. The Kier molecular flexibility index (Phi) is 10.7. The van der Waals surface area contributed by atoms with Gasteiger partial charge in [0.1, 0.15) is 18.5 Å². The second-order valence-corrected chi connectivity index (χ2v) is 10.4. The number of benzene rings is 2. The van der Waals surface area contributed by atoms with Crippen LogP contribution >= 0.6 is 0 Å². The smallest absolute Gasteiger partial charge is 0.442 e. The topological polar surface area (TPSA) is 133 Å². The number of carbonyl (C=O) groups is 3. The van der Waals surface area contributed by atoms with E-state index in [1.165, 1.54) is 18.2 Å². The molecule has 2 N–H and O–H groups in total. The number of ketones is 1. The van der Waals surface area contributed by atoms with Gasteiger partial charge in [-0.1, -0.05) is 75.3 Å². The maximum absolute atomic E-state index is 14.4. The zero-order valence-electron chi connectivity index (χ0n) is 23.1. The molecule has 0 unspecified atom stereocenters. The maximum Gasteiger partial charge on any atom is 0.442 e. The number of hydrogen-bond acceptors (Lipinski definition) is 7. The SMILES string of the molecule is CC(C)C[C@H](NC(=O)[C@H](CC(C)C)NC(=O)OCc1ccccc1)C(=O)Cn1c(-c2ccccc2F)noc1=O. The zero-order valence-corrected chi connectivity index (χ0v) is 23.1. The average molecular weight is 555 g/mol. The predicted molar refractivity (Wildman–Crippen MR) is 146 cm³/mol. The number of rotatable bonds is 13. The Balaban J connectivity index is 1.74. The fourth-order valence-corrected chi connectivity index (χ4v) is 4.13. The highest BCUT2D eigenvalue weighted by Gasteiger charge is 2.29. The fraction of sp³-hybridized carbons (Fsp3) is 0.414. The van der Waals surface area contributed by atoms with Crippen LogP contribution in [0.5, 0.6) is 0 Å². The number of nitrogens with zero attached hydrogens (tertiary/aromatic N) is 2. The molecule has 0 aliphatic rings. The molecule has 10 nitrogen and oxygen atoms in total. The Morgan fingerprint density at radius 2 is 1.55 bits per heavy atom. The van der Waals surface area contributed by atoms with Crippen molar-refractivity contribution in [2.45, 2.75) is 65.8 Å². The van der Waals surface area contributed by atoms with Gasteiger partial charge in [-0.3, -0.25) is 14.1 Å². The van der Waals surface area contributed by atoms with E-state index in [-0.39, 0.29) is 36.3 Å². The minimum absolute atomic E-state index is 0.000748. The molecule has 40 heavy (non-hydrogen) atoms. The summed E-state index contributed by atoms with van der Waals surface area (Å²) in [6.07, 6.45) is -0.189. The van der Waals surface area contributed by atoms with Crippen LogP contribution in [-0.2, 0) is 27.5 Å². The number of ether oxygens (including phenoxy) is 1. The molecule has 2 atom stereocenters. The van der Waals surface area contributed by atoms with Crippen molar-refractivity contribution in [3.8, 4) is 11.4 Å². The van der Waals surface area contributed by atoms with Crippen molar-refractivity contribution in [2.24, 2.45) is 11.8 Å². The molecule has 0 bridgehead atoms. The predicted octanol–water partition coefficient (Wildman–Crippen LogP) is 4.08. The molecular formula is C29H35FN4O6. The molecule has 11 heteroatoms. The first-order chi connectivity index (χ1) is 19.0. The lowest BCUT2D eigenvalue weighted by atomic mass is 9.98. The number of carbonyl (C=O) groups excluding carboxylic acids is 3. The van der Waals surface area contributed by atoms with Crippen LogP contribution in [0.25, 0.3) is 11.4 Å². The molecule has 3 aromatic rings. The number of Topliss-reactive ketones (excluding diaryl/α,β-unsaturated/α-hetero) is 1. The van der Waals surface area contributed by atoms with Gasteiger partial charge in [0.2, 0.25) is 5.91 Å². The molecule has 0 saturated heterocycles. The van der Waals surface area contributed by atoms with Crippen molar-refractivity contribution in [3.05, 3.63) is 76.5 Å². The van der Waals surface area contributed by atoms with Crippen LogP contribution in [0.3, 0.4) is 0 Å². The van der Waals surface area contributed by atoms with Crippen LogP contribution in [0.4, 0.5) is 9.18 Å². The Hall–Kier alpha value is -4.28. The van der Waals surface area contributed by atoms with Gasteiger partial charge in [-0.25, -0.2) is 18.5 Å². The summed E-state index contributed by atoms with van der Waals surface area (Å²) in [5.74, 6) is -2.70. The summed E-state index contributed by atoms with van der Waals surface area (Å²) in [6, 6.07) is 12.8. The van der Waals surface area contributed by atoms with E-state index in [0.717, 1.165) is 10.1 Å². The number of hydrogen-bond donors (Lipinski definition) is 2. The molecule has 0 aliphatic heterocycles. The van der Waals surface area contributed by atoms with Crippen molar-refractivity contribution in [1.29, 1.82) is 0 Å². The van der Waals surface area contributed by atoms with Crippen LogP contribution in [0.1, 0.15) is 46.1 Å².